The van der Waals surface area contributed by atoms with E-state index in [2.05, 4.69) is 10.3 Å². The molecule has 1 saturated heterocycles. The van der Waals surface area contributed by atoms with Crippen LogP contribution >= 0.6 is 23.6 Å². The van der Waals surface area contributed by atoms with Gasteiger partial charge < -0.3 is 10.3 Å². The Morgan fingerprint density at radius 3 is 2.53 bits per heavy atom. The van der Waals surface area contributed by atoms with Gasteiger partial charge in [0, 0.05) is 30.9 Å². The number of H-pyrrole nitrogens is 1. The van der Waals surface area contributed by atoms with Crippen LogP contribution in [0.1, 0.15) is 26.7 Å². The third kappa shape index (κ3) is 4.73. The first-order valence-electron chi connectivity index (χ1n) is 10.5. The molecule has 0 saturated carbocycles. The Morgan fingerprint density at radius 1 is 1.19 bits per heavy atom. The second-order valence-electron chi connectivity index (χ2n) is 8.10. The summed E-state index contributed by atoms with van der Waals surface area (Å²) < 4.78 is 28.9. The Morgan fingerprint density at radius 2 is 1.88 bits per heavy atom. The zero-order valence-electron chi connectivity index (χ0n) is 17.9. The molecule has 1 fully saturated rings. The van der Waals surface area contributed by atoms with Crippen molar-refractivity contribution in [3.8, 4) is 0 Å². The van der Waals surface area contributed by atoms with Gasteiger partial charge in [-0.2, -0.15) is 4.31 Å². The highest BCUT2D eigenvalue weighted by atomic mass is 32.2. The molecule has 2 amide bonds. The Labute approximate surface area is 197 Å². The van der Waals surface area contributed by atoms with Crippen LogP contribution in [-0.2, 0) is 10.0 Å². The summed E-state index contributed by atoms with van der Waals surface area (Å²) >= 11 is 6.71. The minimum atomic E-state index is -3.51. The van der Waals surface area contributed by atoms with Crippen LogP contribution in [0.15, 0.2) is 53.4 Å². The Hall–Kier alpha value is -2.27. The molecule has 1 aliphatic heterocycles. The number of sulfonamides is 1. The van der Waals surface area contributed by atoms with Crippen molar-refractivity contribution in [3.63, 3.8) is 0 Å². The normalized spacial score (nSPS) is 15.8. The van der Waals surface area contributed by atoms with Gasteiger partial charge in [-0.25, -0.2) is 13.2 Å². The molecule has 1 aromatic heterocycles. The van der Waals surface area contributed by atoms with Gasteiger partial charge in [0.25, 0.3) is 0 Å². The van der Waals surface area contributed by atoms with E-state index in [1.54, 1.807) is 35.2 Å². The molecule has 0 aliphatic carbocycles. The van der Waals surface area contributed by atoms with Crippen LogP contribution in [0.2, 0.25) is 0 Å². The van der Waals surface area contributed by atoms with Crippen LogP contribution in [0.5, 0.6) is 0 Å². The van der Waals surface area contributed by atoms with E-state index in [1.165, 1.54) is 15.6 Å². The van der Waals surface area contributed by atoms with Gasteiger partial charge in [0.2, 0.25) is 10.0 Å². The van der Waals surface area contributed by atoms with E-state index in [-0.39, 0.29) is 18.1 Å². The molecule has 0 radical (unpaired) electrons. The molecule has 7 nitrogen and oxygen atoms in total. The molecular formula is C22H26N4O3S3. The number of carbonyl (C=O) groups excluding carboxylic acids is 1. The van der Waals surface area contributed by atoms with Gasteiger partial charge in [-0.1, -0.05) is 18.2 Å². The van der Waals surface area contributed by atoms with Crippen molar-refractivity contribution in [3.05, 3.63) is 52.5 Å². The van der Waals surface area contributed by atoms with Gasteiger partial charge in [0.05, 0.1) is 15.1 Å². The third-order valence-corrected chi connectivity index (χ3v) is 8.69. The molecule has 2 N–H and O–H groups in total. The number of nitrogens with one attached hydrogen (secondary N) is 2. The highest BCUT2D eigenvalue weighted by Crippen LogP contribution is 2.27. The number of hydrogen-bond donors (Lipinski definition) is 2. The first-order valence-corrected chi connectivity index (χ1v) is 13.2. The number of piperidine rings is 1. The average molecular weight is 491 g/mol. The van der Waals surface area contributed by atoms with Crippen molar-refractivity contribution in [2.45, 2.75) is 43.7 Å². The minimum absolute atomic E-state index is 0.0436. The Kier molecular flexibility index (Phi) is 6.66. The van der Waals surface area contributed by atoms with E-state index in [0.717, 1.165) is 15.9 Å². The van der Waals surface area contributed by atoms with Crippen molar-refractivity contribution in [2.75, 3.05) is 18.0 Å². The number of thiazole rings is 1. The lowest BCUT2D eigenvalue weighted by Gasteiger charge is -2.34. The maximum atomic E-state index is 13.2. The average Bonchev–Trinajstić information content (AvgIpc) is 3.14. The molecule has 0 unspecified atom stereocenters. The summed E-state index contributed by atoms with van der Waals surface area (Å²) in [5, 5.41) is 3.10. The van der Waals surface area contributed by atoms with Gasteiger partial charge in [0.1, 0.15) is 0 Å². The molecule has 4 rings (SSSR count). The third-order valence-electron chi connectivity index (χ3n) is 5.58. The van der Waals surface area contributed by atoms with Crippen molar-refractivity contribution in [2.24, 2.45) is 0 Å². The molecule has 170 valence electrons. The molecule has 32 heavy (non-hydrogen) atoms. The van der Waals surface area contributed by atoms with Crippen LogP contribution in [-0.4, -0.2) is 48.9 Å². The predicted molar refractivity (Wildman–Crippen MR) is 131 cm³/mol. The number of hydrogen-bond acceptors (Lipinski definition) is 5. The fourth-order valence-corrected chi connectivity index (χ4v) is 6.60. The number of urea groups is 1. The van der Waals surface area contributed by atoms with E-state index in [9.17, 15) is 13.2 Å². The summed E-state index contributed by atoms with van der Waals surface area (Å²) in [4.78, 5) is 18.3. The lowest BCUT2D eigenvalue weighted by atomic mass is 10.1. The summed E-state index contributed by atoms with van der Waals surface area (Å²) in [5.41, 5.74) is 1.76. The number of aromatic amines is 1. The number of nitrogens with zero attached hydrogens (tertiary/aromatic N) is 2. The highest BCUT2D eigenvalue weighted by Gasteiger charge is 2.31. The lowest BCUT2D eigenvalue weighted by molar-refractivity contribution is 0.231. The first-order chi connectivity index (χ1) is 15.3. The Bertz CT molecular complexity index is 1260. The van der Waals surface area contributed by atoms with E-state index in [4.69, 9.17) is 12.2 Å². The maximum Gasteiger partial charge on any atom is 0.322 e. The molecule has 10 heteroatoms. The molecule has 1 aliphatic rings. The summed E-state index contributed by atoms with van der Waals surface area (Å²) in [6.45, 7) is 4.70. The first kappa shape index (κ1) is 22.9. The van der Waals surface area contributed by atoms with Crippen molar-refractivity contribution >= 4 is 55.5 Å². The van der Waals surface area contributed by atoms with E-state index in [0.29, 0.717) is 34.8 Å². The number of amides is 2. The summed E-state index contributed by atoms with van der Waals surface area (Å²) in [7, 11) is -3.51. The number of rotatable bonds is 5. The summed E-state index contributed by atoms with van der Waals surface area (Å²) in [6, 6.07) is 14.0. The van der Waals surface area contributed by atoms with Gasteiger partial charge in [0.15, 0.2) is 3.95 Å². The van der Waals surface area contributed by atoms with Gasteiger partial charge in [-0.15, -0.1) is 11.3 Å². The number of anilines is 1. The van der Waals surface area contributed by atoms with Crippen molar-refractivity contribution in [1.82, 2.24) is 14.6 Å². The molecule has 2 heterocycles. The number of aromatic nitrogens is 1. The minimum Gasteiger partial charge on any atom is -0.337 e. The largest absolute Gasteiger partial charge is 0.337 e. The second-order valence-corrected chi connectivity index (χ2v) is 11.8. The number of benzene rings is 2. The summed E-state index contributed by atoms with van der Waals surface area (Å²) in [6.07, 6.45) is 1.14. The lowest BCUT2D eigenvalue weighted by Crippen LogP contribution is -2.51. The van der Waals surface area contributed by atoms with Crippen LogP contribution in [0, 0.1) is 3.95 Å². The molecule has 2 aromatic carbocycles. The molecular weight excluding hydrogens is 464 g/mol. The molecule has 0 spiro atoms. The predicted octanol–water partition coefficient (Wildman–Crippen LogP) is 4.74. The zero-order chi connectivity index (χ0) is 22.9. The van der Waals surface area contributed by atoms with Crippen LogP contribution in [0.25, 0.3) is 10.2 Å². The zero-order valence-corrected chi connectivity index (χ0v) is 20.4. The topological polar surface area (TPSA) is 85.5 Å². The van der Waals surface area contributed by atoms with Gasteiger partial charge in [-0.3, -0.25) is 4.90 Å². The fraction of sp³-hybridized carbons (Fsp3) is 0.364. The SMILES string of the molecule is CC(C)N(C(=O)NC1CCN(S(=O)(=O)c2ccccc2)CC1)c1ccc2[nH]c(=S)sc2c1. The molecule has 3 aromatic rings. The highest BCUT2D eigenvalue weighted by molar-refractivity contribution is 7.89. The van der Waals surface area contributed by atoms with Crippen molar-refractivity contribution in [1.29, 1.82) is 0 Å². The standard InChI is InChI=1S/C22H26N4O3S3/c1-15(2)26(17-8-9-19-20(14-17)31-22(30)24-19)21(27)23-16-10-12-25(13-11-16)32(28,29)18-6-4-3-5-7-18/h3-9,14-16H,10-13H2,1-2H3,(H,23,27)(H,24,30). The molecule has 0 bridgehead atoms. The molecule has 0 atom stereocenters. The second kappa shape index (κ2) is 9.30. The quantitative estimate of drug-likeness (QED) is 0.506. The van der Waals surface area contributed by atoms with Gasteiger partial charge in [-0.05, 0) is 69.2 Å². The van der Waals surface area contributed by atoms with E-state index < -0.39 is 10.0 Å². The smallest absolute Gasteiger partial charge is 0.322 e. The van der Waals surface area contributed by atoms with Crippen LogP contribution < -0.4 is 10.2 Å². The van der Waals surface area contributed by atoms with E-state index in [1.807, 2.05) is 32.0 Å². The van der Waals surface area contributed by atoms with E-state index >= 15 is 0 Å². The number of fused-ring (bicyclic) bond motifs is 1. The number of carbonyl (C=O) groups is 1. The van der Waals surface area contributed by atoms with Gasteiger partial charge >= 0.3 is 6.03 Å². The Balaban J connectivity index is 1.43. The maximum absolute atomic E-state index is 13.2. The van der Waals surface area contributed by atoms with Crippen molar-refractivity contribution < 1.29 is 13.2 Å². The van der Waals surface area contributed by atoms with Crippen LogP contribution in [0.4, 0.5) is 10.5 Å². The fourth-order valence-electron chi connectivity index (χ4n) is 3.96. The van der Waals surface area contributed by atoms with Crippen LogP contribution in [0.3, 0.4) is 0 Å². The summed E-state index contributed by atoms with van der Waals surface area (Å²) in [5.74, 6) is 0. The monoisotopic (exact) mass is 490 g/mol.